The first-order valence-electron chi connectivity index (χ1n) is 9.16. The van der Waals surface area contributed by atoms with Crippen molar-refractivity contribution in [1.29, 1.82) is 0 Å². The number of hydrogen-bond acceptors (Lipinski definition) is 9. The number of rotatable bonds is 5. The van der Waals surface area contributed by atoms with Crippen LogP contribution in [-0.2, 0) is 0 Å². The third-order valence-electron chi connectivity index (χ3n) is 4.39. The van der Waals surface area contributed by atoms with Crippen LogP contribution in [0.25, 0.3) is 0 Å². The molecule has 30 heavy (non-hydrogen) atoms. The van der Waals surface area contributed by atoms with Gasteiger partial charge in [-0.15, -0.1) is 0 Å². The van der Waals surface area contributed by atoms with Crippen LogP contribution in [0.4, 0.5) is 17.1 Å². The van der Waals surface area contributed by atoms with Gasteiger partial charge in [0.05, 0.1) is 17.1 Å². The average molecular weight is 404 g/mol. The lowest BCUT2D eigenvalue weighted by atomic mass is 10.3. The second kappa shape index (κ2) is 8.62. The fraction of sp³-hybridized carbons (Fsp3) is 0.0476. The minimum absolute atomic E-state index is 0.0566. The van der Waals surface area contributed by atoms with Gasteiger partial charge in [-0.3, -0.25) is 15.6 Å². The number of anilines is 3. The van der Waals surface area contributed by atoms with Crippen LogP contribution in [0.1, 0.15) is 0 Å². The highest BCUT2D eigenvalue weighted by Crippen LogP contribution is 2.24. The summed E-state index contributed by atoms with van der Waals surface area (Å²) in [5.74, 6) is -0.0566. The Kier molecular flexibility index (Phi) is 5.57. The fourth-order valence-electron chi connectivity index (χ4n) is 2.88. The van der Waals surface area contributed by atoms with Crippen LogP contribution in [0.2, 0.25) is 0 Å². The number of nitrogens with zero attached hydrogens (tertiary/aromatic N) is 6. The number of guanidine groups is 1. The van der Waals surface area contributed by atoms with Gasteiger partial charge in [-0.2, -0.15) is 20.2 Å². The Bertz CT molecular complexity index is 1020. The van der Waals surface area contributed by atoms with Crippen molar-refractivity contribution >= 4 is 29.4 Å². The monoisotopic (exact) mass is 404 g/mol. The third-order valence-corrected chi connectivity index (χ3v) is 4.39. The van der Waals surface area contributed by atoms with E-state index in [2.05, 4.69) is 9.98 Å². The summed E-state index contributed by atoms with van der Waals surface area (Å²) in [6.07, 6.45) is 0.127. The first-order chi connectivity index (χ1) is 14.6. The van der Waals surface area contributed by atoms with Crippen LogP contribution < -0.4 is 15.3 Å². The summed E-state index contributed by atoms with van der Waals surface area (Å²) < 4.78 is 0. The Labute approximate surface area is 173 Å². The maximum absolute atomic E-state index is 10.9. The van der Waals surface area contributed by atoms with Crippen molar-refractivity contribution in [2.45, 2.75) is 6.29 Å². The first kappa shape index (κ1) is 19.4. The molecule has 3 aromatic carbocycles. The van der Waals surface area contributed by atoms with Gasteiger partial charge in [0.15, 0.2) is 0 Å². The molecule has 9 heteroatoms. The zero-order valence-corrected chi connectivity index (χ0v) is 15.8. The highest BCUT2D eigenvalue weighted by molar-refractivity contribution is 5.99. The van der Waals surface area contributed by atoms with E-state index in [4.69, 9.17) is 0 Å². The Morgan fingerprint density at radius 2 is 1.17 bits per heavy atom. The highest BCUT2D eigenvalue weighted by Gasteiger charge is 2.32. The number of aliphatic imine (C=N–C) groups is 2. The van der Waals surface area contributed by atoms with Gasteiger partial charge >= 0.3 is 0 Å². The molecule has 1 aliphatic heterocycles. The van der Waals surface area contributed by atoms with E-state index in [1.807, 2.05) is 18.2 Å². The van der Waals surface area contributed by atoms with Crippen molar-refractivity contribution in [2.75, 3.05) is 15.3 Å². The number of hydrogen-bond donors (Lipinski definition) is 3. The summed E-state index contributed by atoms with van der Waals surface area (Å²) in [5, 5.41) is 35.9. The van der Waals surface area contributed by atoms with Gasteiger partial charge in [0.1, 0.15) is 6.34 Å². The lowest BCUT2D eigenvalue weighted by molar-refractivity contribution is 0.0552. The van der Waals surface area contributed by atoms with Crippen molar-refractivity contribution < 1.29 is 15.6 Å². The Morgan fingerprint density at radius 3 is 1.73 bits per heavy atom. The van der Waals surface area contributed by atoms with E-state index in [1.54, 1.807) is 72.8 Å². The van der Waals surface area contributed by atoms with Crippen molar-refractivity contribution in [1.82, 2.24) is 5.01 Å². The molecule has 1 heterocycles. The lowest BCUT2D eigenvalue weighted by Crippen LogP contribution is -2.56. The summed E-state index contributed by atoms with van der Waals surface area (Å²) in [7, 11) is 0. The smallest absolute Gasteiger partial charge is 0.255 e. The quantitative estimate of drug-likeness (QED) is 0.559. The molecule has 3 N–H and O–H groups in total. The highest BCUT2D eigenvalue weighted by atomic mass is 16.6. The van der Waals surface area contributed by atoms with E-state index in [0.29, 0.717) is 17.1 Å². The maximum atomic E-state index is 10.9. The van der Waals surface area contributed by atoms with Gasteiger partial charge in [0.25, 0.3) is 5.96 Å². The molecule has 0 amide bonds. The van der Waals surface area contributed by atoms with Crippen LogP contribution in [-0.4, -0.2) is 39.2 Å². The predicted octanol–water partition coefficient (Wildman–Crippen LogP) is 3.57. The van der Waals surface area contributed by atoms with Crippen molar-refractivity contribution in [3.63, 3.8) is 0 Å². The van der Waals surface area contributed by atoms with Crippen LogP contribution in [0, 0.1) is 0 Å². The fourth-order valence-corrected chi connectivity index (χ4v) is 2.88. The molecule has 1 aliphatic rings. The topological polar surface area (TPSA) is 98.4 Å². The minimum atomic E-state index is -1.15. The van der Waals surface area contributed by atoms with Gasteiger partial charge < -0.3 is 0 Å². The molecule has 1 unspecified atom stereocenters. The predicted molar refractivity (Wildman–Crippen MR) is 114 cm³/mol. The molecule has 0 aliphatic carbocycles. The van der Waals surface area contributed by atoms with Crippen molar-refractivity contribution in [3.05, 3.63) is 91.0 Å². The molecule has 3 aromatic rings. The zero-order chi connectivity index (χ0) is 20.9. The molecule has 152 valence electrons. The molecule has 0 fully saturated rings. The van der Waals surface area contributed by atoms with E-state index in [-0.39, 0.29) is 5.96 Å². The number of benzene rings is 3. The van der Waals surface area contributed by atoms with Gasteiger partial charge in [-0.05, 0) is 36.4 Å². The molecule has 4 rings (SSSR count). The normalized spacial score (nSPS) is 15.5. The van der Waals surface area contributed by atoms with Crippen molar-refractivity contribution in [2.24, 2.45) is 9.98 Å². The summed E-state index contributed by atoms with van der Waals surface area (Å²) in [6.45, 7) is 0. The van der Waals surface area contributed by atoms with Crippen molar-refractivity contribution in [3.8, 4) is 0 Å². The molecule has 1 atom stereocenters. The standard InChI is InChI=1S/C21H20N6O3/c28-25(17-10-4-1-5-11-17)20-22-16-24(27(30)19-14-8-3-9-15-19)21(23-20)26(29)18-12-6-2-7-13-18/h1-16,21,28-30H. The van der Waals surface area contributed by atoms with Gasteiger partial charge in [-0.1, -0.05) is 54.6 Å². The van der Waals surface area contributed by atoms with E-state index in [9.17, 15) is 15.6 Å². The average Bonchev–Trinajstić information content (AvgIpc) is 2.84. The van der Waals surface area contributed by atoms with Crippen LogP contribution in [0.15, 0.2) is 101 Å². The molecule has 9 nitrogen and oxygen atoms in total. The molecule has 0 spiro atoms. The van der Waals surface area contributed by atoms with Crippen LogP contribution in [0.3, 0.4) is 0 Å². The van der Waals surface area contributed by atoms with Crippen LogP contribution in [0.5, 0.6) is 0 Å². The van der Waals surface area contributed by atoms with E-state index in [0.717, 1.165) is 15.3 Å². The molecule has 0 bridgehead atoms. The molecular weight excluding hydrogens is 384 g/mol. The number of hydroxylamine groups is 2. The van der Waals surface area contributed by atoms with Gasteiger partial charge in [-0.25, -0.2) is 10.1 Å². The van der Waals surface area contributed by atoms with Crippen LogP contribution >= 0.6 is 0 Å². The second-order valence-electron chi connectivity index (χ2n) is 6.35. The van der Waals surface area contributed by atoms with Gasteiger partial charge in [0, 0.05) is 0 Å². The molecule has 0 radical (unpaired) electrons. The third kappa shape index (κ3) is 3.94. The molecule has 0 saturated heterocycles. The molecule has 0 saturated carbocycles. The van der Waals surface area contributed by atoms with E-state index in [1.165, 1.54) is 11.3 Å². The Morgan fingerprint density at radius 1 is 0.667 bits per heavy atom. The summed E-state index contributed by atoms with van der Waals surface area (Å²) in [4.78, 5) is 8.50. The minimum Gasteiger partial charge on any atom is -0.285 e. The molecule has 0 aromatic heterocycles. The van der Waals surface area contributed by atoms with E-state index < -0.39 is 6.29 Å². The Hall–Kier alpha value is -3.92. The lowest BCUT2D eigenvalue weighted by Gasteiger charge is -2.39. The largest absolute Gasteiger partial charge is 0.285 e. The van der Waals surface area contributed by atoms with E-state index >= 15 is 0 Å². The zero-order valence-electron chi connectivity index (χ0n) is 15.8. The first-order valence-corrected chi connectivity index (χ1v) is 9.16. The number of para-hydroxylation sites is 3. The maximum Gasteiger partial charge on any atom is 0.255 e. The summed E-state index contributed by atoms with van der Waals surface area (Å²) >= 11 is 0. The second-order valence-corrected chi connectivity index (χ2v) is 6.35. The summed E-state index contributed by atoms with van der Waals surface area (Å²) in [6, 6.07) is 26.2. The number of hydrazine groups is 1. The Balaban J connectivity index is 1.69. The SMILES string of the molecule is ON(C1=NC(N(O)c2ccccc2)N(N(O)c2ccccc2)C=N1)c1ccccc1. The van der Waals surface area contributed by atoms with Gasteiger partial charge in [0.2, 0.25) is 6.29 Å². The molecular formula is C21H20N6O3. The summed E-state index contributed by atoms with van der Waals surface area (Å²) in [5.41, 5.74) is 1.34.